The minimum Gasteiger partial charge on any atom is -0.292 e. The molecule has 1 aromatic carbocycles. The number of hydrogen-bond acceptors (Lipinski definition) is 4. The van der Waals surface area contributed by atoms with Gasteiger partial charge < -0.3 is 0 Å². The molecule has 0 saturated heterocycles. The van der Waals surface area contributed by atoms with Gasteiger partial charge in [-0.1, -0.05) is 18.2 Å². The maximum atomic E-state index is 14.0. The molecule has 0 unspecified atom stereocenters. The third-order valence-electron chi connectivity index (χ3n) is 6.05. The van der Waals surface area contributed by atoms with Crippen LogP contribution in [-0.2, 0) is 12.6 Å². The molecular formula is C28H23F4N3O. The zero-order chi connectivity index (χ0) is 26.0. The van der Waals surface area contributed by atoms with E-state index in [1.165, 1.54) is 12.1 Å². The van der Waals surface area contributed by atoms with Crippen molar-refractivity contribution in [2.75, 3.05) is 0 Å². The number of ketones is 1. The molecule has 4 rings (SSSR count). The summed E-state index contributed by atoms with van der Waals surface area (Å²) in [5.74, 6) is -0.446. The Balaban J connectivity index is 1.47. The summed E-state index contributed by atoms with van der Waals surface area (Å²) in [5.41, 5.74) is 4.43. The molecule has 0 saturated carbocycles. The van der Waals surface area contributed by atoms with Crippen LogP contribution in [0, 0.1) is 26.6 Å². The molecule has 0 aliphatic carbocycles. The fourth-order valence-corrected chi connectivity index (χ4v) is 4.08. The Labute approximate surface area is 206 Å². The number of benzene rings is 1. The monoisotopic (exact) mass is 493 g/mol. The van der Waals surface area contributed by atoms with Crippen molar-refractivity contribution < 1.29 is 22.4 Å². The molecule has 0 atom stereocenters. The Morgan fingerprint density at radius 3 is 2.36 bits per heavy atom. The summed E-state index contributed by atoms with van der Waals surface area (Å²) in [6.07, 6.45) is 0.334. The summed E-state index contributed by atoms with van der Waals surface area (Å²) in [6.45, 7) is 5.32. The standard InChI is InChI=1S/C28H23F4N3O/c1-16-12-24(34-15-22(16)21-5-4-6-23(29)18(21)3)25(36)8-7-19-11-17(2)27(35-14-19)20-9-10-33-26(13-20)28(30,31)32/h4-6,9-15H,7-8H2,1-3H3. The smallest absolute Gasteiger partial charge is 0.292 e. The first-order chi connectivity index (χ1) is 17.0. The van der Waals surface area contributed by atoms with E-state index in [9.17, 15) is 22.4 Å². The molecule has 0 radical (unpaired) electrons. The van der Waals surface area contributed by atoms with Crippen molar-refractivity contribution in [1.29, 1.82) is 0 Å². The minimum atomic E-state index is -4.54. The molecule has 0 fully saturated rings. The molecule has 8 heteroatoms. The molecule has 0 amide bonds. The van der Waals surface area contributed by atoms with Crippen LogP contribution in [0.2, 0.25) is 0 Å². The van der Waals surface area contributed by atoms with Crippen molar-refractivity contribution >= 4 is 5.78 Å². The van der Waals surface area contributed by atoms with E-state index in [1.54, 1.807) is 38.4 Å². The Hall–Kier alpha value is -3.94. The minimum absolute atomic E-state index is 0.147. The van der Waals surface area contributed by atoms with Gasteiger partial charge in [0.15, 0.2) is 5.78 Å². The lowest BCUT2D eigenvalue weighted by atomic mass is 9.96. The van der Waals surface area contributed by atoms with Gasteiger partial charge >= 0.3 is 6.18 Å². The number of carbonyl (C=O) groups excluding carboxylic acids is 1. The molecule has 3 heterocycles. The van der Waals surface area contributed by atoms with Crippen LogP contribution in [0.3, 0.4) is 0 Å². The second kappa shape index (κ2) is 9.97. The zero-order valence-electron chi connectivity index (χ0n) is 19.9. The van der Waals surface area contributed by atoms with Gasteiger partial charge in [-0.2, -0.15) is 13.2 Å². The van der Waals surface area contributed by atoms with E-state index in [4.69, 9.17) is 0 Å². The molecule has 0 spiro atoms. The molecule has 0 N–H and O–H groups in total. The van der Waals surface area contributed by atoms with Crippen molar-refractivity contribution in [3.8, 4) is 22.4 Å². The molecule has 0 aliphatic heterocycles. The number of alkyl halides is 3. The van der Waals surface area contributed by atoms with E-state index in [0.717, 1.165) is 34.5 Å². The number of hydrogen-bond donors (Lipinski definition) is 0. The molecule has 4 aromatic rings. The summed E-state index contributed by atoms with van der Waals surface area (Å²) >= 11 is 0. The van der Waals surface area contributed by atoms with E-state index < -0.39 is 11.9 Å². The highest BCUT2D eigenvalue weighted by Crippen LogP contribution is 2.31. The molecule has 3 aromatic heterocycles. The van der Waals surface area contributed by atoms with Gasteiger partial charge in [-0.15, -0.1) is 0 Å². The Kier molecular flexibility index (Phi) is 6.97. The van der Waals surface area contributed by atoms with E-state index in [2.05, 4.69) is 15.0 Å². The van der Waals surface area contributed by atoms with Crippen LogP contribution in [0.1, 0.15) is 44.9 Å². The van der Waals surface area contributed by atoms with Crippen LogP contribution < -0.4 is 0 Å². The fraction of sp³-hybridized carbons (Fsp3) is 0.214. The fourth-order valence-electron chi connectivity index (χ4n) is 4.08. The number of rotatable bonds is 6. The van der Waals surface area contributed by atoms with Crippen molar-refractivity contribution in [2.24, 2.45) is 0 Å². The van der Waals surface area contributed by atoms with Crippen LogP contribution in [0.25, 0.3) is 22.4 Å². The number of aryl methyl sites for hydroxylation is 3. The van der Waals surface area contributed by atoms with Gasteiger partial charge in [0, 0.05) is 36.1 Å². The lowest BCUT2D eigenvalue weighted by Crippen LogP contribution is -2.08. The van der Waals surface area contributed by atoms with Gasteiger partial charge in [-0.3, -0.25) is 19.7 Å². The average molecular weight is 494 g/mol. The van der Waals surface area contributed by atoms with Crippen molar-refractivity contribution in [1.82, 2.24) is 15.0 Å². The maximum Gasteiger partial charge on any atom is 0.433 e. The number of halogens is 4. The topological polar surface area (TPSA) is 55.7 Å². The van der Waals surface area contributed by atoms with Gasteiger partial charge in [-0.05, 0) is 79.3 Å². The molecule has 184 valence electrons. The van der Waals surface area contributed by atoms with Crippen LogP contribution in [-0.4, -0.2) is 20.7 Å². The molecule has 0 bridgehead atoms. The predicted molar refractivity (Wildman–Crippen MR) is 129 cm³/mol. The highest BCUT2D eigenvalue weighted by molar-refractivity contribution is 5.95. The van der Waals surface area contributed by atoms with Gasteiger partial charge in [0.2, 0.25) is 0 Å². The van der Waals surface area contributed by atoms with E-state index in [1.807, 2.05) is 19.1 Å². The summed E-state index contributed by atoms with van der Waals surface area (Å²) in [6, 6.07) is 10.8. The van der Waals surface area contributed by atoms with E-state index in [0.29, 0.717) is 34.5 Å². The van der Waals surface area contributed by atoms with Gasteiger partial charge in [0.1, 0.15) is 17.2 Å². The quantitative estimate of drug-likeness (QED) is 0.212. The SMILES string of the molecule is Cc1cc(C(=O)CCc2cnc(-c3ccnc(C(F)(F)F)c3)c(C)c2)ncc1-c1cccc(F)c1C. The van der Waals surface area contributed by atoms with Gasteiger partial charge in [0.25, 0.3) is 0 Å². The normalized spacial score (nSPS) is 11.5. The number of pyridine rings is 3. The van der Waals surface area contributed by atoms with Crippen molar-refractivity contribution in [3.63, 3.8) is 0 Å². The Morgan fingerprint density at radius 1 is 0.889 bits per heavy atom. The molecule has 36 heavy (non-hydrogen) atoms. The summed E-state index contributed by atoms with van der Waals surface area (Å²) in [4.78, 5) is 24.8. The third-order valence-corrected chi connectivity index (χ3v) is 6.05. The van der Waals surface area contributed by atoms with Crippen LogP contribution in [0.15, 0.2) is 61.1 Å². The predicted octanol–water partition coefficient (Wildman–Crippen LogP) is 7.10. The van der Waals surface area contributed by atoms with Crippen LogP contribution in [0.5, 0.6) is 0 Å². The highest BCUT2D eigenvalue weighted by atomic mass is 19.4. The highest BCUT2D eigenvalue weighted by Gasteiger charge is 2.32. The molecule has 4 nitrogen and oxygen atoms in total. The first-order valence-electron chi connectivity index (χ1n) is 11.3. The summed E-state index contributed by atoms with van der Waals surface area (Å²) in [5, 5.41) is 0. The molecular weight excluding hydrogens is 470 g/mol. The first kappa shape index (κ1) is 25.2. The molecule has 0 aliphatic rings. The van der Waals surface area contributed by atoms with Crippen molar-refractivity contribution in [2.45, 2.75) is 39.8 Å². The second-order valence-corrected chi connectivity index (χ2v) is 8.66. The third kappa shape index (κ3) is 5.32. The number of Topliss-reactive ketones (excluding diaryl/α,β-unsaturated/α-hetero) is 1. The van der Waals surface area contributed by atoms with Gasteiger partial charge in [-0.25, -0.2) is 4.39 Å². The van der Waals surface area contributed by atoms with Crippen LogP contribution in [0.4, 0.5) is 17.6 Å². The average Bonchev–Trinajstić information content (AvgIpc) is 2.84. The van der Waals surface area contributed by atoms with E-state index >= 15 is 0 Å². The zero-order valence-corrected chi connectivity index (χ0v) is 19.9. The summed E-state index contributed by atoms with van der Waals surface area (Å²) < 4.78 is 52.9. The lowest BCUT2D eigenvalue weighted by Gasteiger charge is -2.11. The Morgan fingerprint density at radius 2 is 1.67 bits per heavy atom. The van der Waals surface area contributed by atoms with Crippen LogP contribution >= 0.6 is 0 Å². The summed E-state index contributed by atoms with van der Waals surface area (Å²) in [7, 11) is 0. The number of nitrogens with zero attached hydrogens (tertiary/aromatic N) is 3. The largest absolute Gasteiger partial charge is 0.433 e. The van der Waals surface area contributed by atoms with Gasteiger partial charge in [0.05, 0.1) is 5.69 Å². The number of aromatic nitrogens is 3. The second-order valence-electron chi connectivity index (χ2n) is 8.66. The number of carbonyl (C=O) groups is 1. The van der Waals surface area contributed by atoms with E-state index in [-0.39, 0.29) is 18.0 Å². The first-order valence-corrected chi connectivity index (χ1v) is 11.3. The Bertz CT molecular complexity index is 1450. The van der Waals surface area contributed by atoms with Crippen molar-refractivity contribution in [3.05, 3.63) is 101 Å². The lowest BCUT2D eigenvalue weighted by molar-refractivity contribution is -0.141. The maximum absolute atomic E-state index is 14.0.